The minimum Gasteiger partial charge on any atom is -0.496 e. The minimum atomic E-state index is -0.219. The zero-order valence-electron chi connectivity index (χ0n) is 23.3. The molecule has 0 bridgehead atoms. The maximum absolute atomic E-state index is 13.4. The highest BCUT2D eigenvalue weighted by Gasteiger charge is 2.24. The Balaban J connectivity index is 2.34. The molecule has 0 aliphatic carbocycles. The molecule has 2 aromatic carbocycles. The van der Waals surface area contributed by atoms with Crippen LogP contribution in [0.5, 0.6) is 11.5 Å². The molecular weight excluding hydrogens is 468 g/mol. The summed E-state index contributed by atoms with van der Waals surface area (Å²) < 4.78 is 11.2. The van der Waals surface area contributed by atoms with Gasteiger partial charge in [-0.2, -0.15) is 0 Å². The van der Waals surface area contributed by atoms with Gasteiger partial charge in [0.1, 0.15) is 18.1 Å². The molecule has 2 rings (SSSR count). The van der Waals surface area contributed by atoms with Crippen molar-refractivity contribution in [3.8, 4) is 11.5 Å². The van der Waals surface area contributed by atoms with E-state index < -0.39 is 0 Å². The predicted molar refractivity (Wildman–Crippen MR) is 148 cm³/mol. The molecule has 0 fully saturated rings. The van der Waals surface area contributed by atoms with Crippen LogP contribution in [-0.2, 0) is 15.0 Å². The van der Waals surface area contributed by atoms with Gasteiger partial charge in [0.25, 0.3) is 5.91 Å². The molecular formula is C30H42N2O5. The lowest BCUT2D eigenvalue weighted by Gasteiger charge is -2.25. The summed E-state index contributed by atoms with van der Waals surface area (Å²) in [7, 11) is 3.18. The standard InChI is InChI=1S/C30H42N2O5/c1-8-9-10-11-21(24-14-13-23(18-27(24)36-7)37-19-20(2)33)17-28(34)32-26-16-22(29(35)31-6)12-15-25(26)30(3,4)5/h12-16,18,21H,8-11,17,19H2,1-7H3,(H,31,35)(H,32,34). The Kier molecular flexibility index (Phi) is 11.2. The third-order valence-electron chi connectivity index (χ3n) is 6.27. The molecule has 0 saturated carbocycles. The molecule has 0 aromatic heterocycles. The molecule has 2 aromatic rings. The molecule has 2 amide bonds. The van der Waals surface area contributed by atoms with Crippen molar-refractivity contribution in [1.29, 1.82) is 0 Å². The summed E-state index contributed by atoms with van der Waals surface area (Å²) in [5.41, 5.74) is 2.81. The van der Waals surface area contributed by atoms with Gasteiger partial charge >= 0.3 is 0 Å². The van der Waals surface area contributed by atoms with Crippen molar-refractivity contribution in [3.63, 3.8) is 0 Å². The van der Waals surface area contributed by atoms with Gasteiger partial charge in [-0.15, -0.1) is 0 Å². The van der Waals surface area contributed by atoms with Crippen LogP contribution in [0, 0.1) is 0 Å². The number of ether oxygens (including phenoxy) is 2. The predicted octanol–water partition coefficient (Wildman–Crippen LogP) is 6.01. The number of ketones is 1. The molecule has 0 radical (unpaired) electrons. The number of hydrogen-bond donors (Lipinski definition) is 2. The monoisotopic (exact) mass is 510 g/mol. The number of benzene rings is 2. The molecule has 2 N–H and O–H groups in total. The van der Waals surface area contributed by atoms with Crippen molar-refractivity contribution < 1.29 is 23.9 Å². The summed E-state index contributed by atoms with van der Waals surface area (Å²) in [4.78, 5) is 36.9. The number of hydrogen-bond acceptors (Lipinski definition) is 5. The zero-order valence-corrected chi connectivity index (χ0v) is 23.3. The van der Waals surface area contributed by atoms with Gasteiger partial charge in [-0.25, -0.2) is 0 Å². The summed E-state index contributed by atoms with van der Waals surface area (Å²) in [5.74, 6) is 0.724. The summed E-state index contributed by atoms with van der Waals surface area (Å²) in [6, 6.07) is 10.9. The first-order valence-electron chi connectivity index (χ1n) is 13.0. The summed E-state index contributed by atoms with van der Waals surface area (Å²) in [6.45, 7) is 9.85. The van der Waals surface area contributed by atoms with Crippen LogP contribution in [0.25, 0.3) is 0 Å². The first kappa shape index (κ1) is 29.9. The topological polar surface area (TPSA) is 93.7 Å². The van der Waals surface area contributed by atoms with Crippen molar-refractivity contribution in [2.75, 3.05) is 26.1 Å². The van der Waals surface area contributed by atoms with Gasteiger partial charge in [-0.3, -0.25) is 14.4 Å². The number of carbonyl (C=O) groups excluding carboxylic acids is 3. The van der Waals surface area contributed by atoms with E-state index in [1.807, 2.05) is 18.2 Å². The zero-order chi connectivity index (χ0) is 27.6. The Morgan fingerprint density at radius 1 is 1.03 bits per heavy atom. The normalized spacial score (nSPS) is 12.0. The van der Waals surface area contributed by atoms with Crippen molar-refractivity contribution in [2.45, 2.75) is 78.1 Å². The summed E-state index contributed by atoms with van der Waals surface area (Å²) in [5, 5.41) is 5.73. The summed E-state index contributed by atoms with van der Waals surface area (Å²) >= 11 is 0. The third kappa shape index (κ3) is 8.92. The van der Waals surface area contributed by atoms with E-state index in [0.29, 0.717) is 22.7 Å². The Bertz CT molecular complexity index is 1090. The molecule has 1 atom stereocenters. The minimum absolute atomic E-state index is 0.00391. The number of rotatable bonds is 13. The molecule has 37 heavy (non-hydrogen) atoms. The third-order valence-corrected chi connectivity index (χ3v) is 6.27. The second-order valence-corrected chi connectivity index (χ2v) is 10.4. The second-order valence-electron chi connectivity index (χ2n) is 10.4. The number of unbranched alkanes of at least 4 members (excludes halogenated alkanes) is 2. The molecule has 0 aliphatic heterocycles. The van der Waals surface area contributed by atoms with E-state index in [1.165, 1.54) is 6.92 Å². The molecule has 0 heterocycles. The highest BCUT2D eigenvalue weighted by molar-refractivity contribution is 5.98. The van der Waals surface area contributed by atoms with Crippen LogP contribution >= 0.6 is 0 Å². The smallest absolute Gasteiger partial charge is 0.251 e. The number of methoxy groups -OCH3 is 1. The fourth-order valence-corrected chi connectivity index (χ4v) is 4.32. The van der Waals surface area contributed by atoms with Gasteiger partial charge in [-0.05, 0) is 54.0 Å². The SMILES string of the molecule is CCCCCC(CC(=O)Nc1cc(C(=O)NC)ccc1C(C)(C)C)c1ccc(OCC(C)=O)cc1OC. The highest BCUT2D eigenvalue weighted by Crippen LogP contribution is 2.37. The molecule has 202 valence electrons. The van der Waals surface area contributed by atoms with Crippen LogP contribution < -0.4 is 20.1 Å². The van der Waals surface area contributed by atoms with Crippen molar-refractivity contribution in [2.24, 2.45) is 0 Å². The van der Waals surface area contributed by atoms with Gasteiger partial charge in [0.05, 0.1) is 7.11 Å². The second kappa shape index (κ2) is 13.8. The van der Waals surface area contributed by atoms with E-state index in [0.717, 1.165) is 36.8 Å². The number of amides is 2. The molecule has 7 heteroatoms. The van der Waals surface area contributed by atoms with E-state index in [2.05, 4.69) is 38.3 Å². The lowest BCUT2D eigenvalue weighted by molar-refractivity contribution is -0.119. The van der Waals surface area contributed by atoms with E-state index >= 15 is 0 Å². The summed E-state index contributed by atoms with van der Waals surface area (Å²) in [6.07, 6.45) is 4.23. The quantitative estimate of drug-likeness (QED) is 0.322. The van der Waals surface area contributed by atoms with Crippen molar-refractivity contribution >= 4 is 23.3 Å². The van der Waals surface area contributed by atoms with Crippen LogP contribution in [0.1, 0.15) is 94.1 Å². The van der Waals surface area contributed by atoms with Crippen molar-refractivity contribution in [3.05, 3.63) is 53.1 Å². The molecule has 1 unspecified atom stereocenters. The van der Waals surface area contributed by atoms with Crippen LogP contribution in [0.15, 0.2) is 36.4 Å². The average Bonchev–Trinajstić information content (AvgIpc) is 2.85. The van der Waals surface area contributed by atoms with E-state index in [4.69, 9.17) is 9.47 Å². The number of anilines is 1. The van der Waals surface area contributed by atoms with Crippen LogP contribution in [0.4, 0.5) is 5.69 Å². The van der Waals surface area contributed by atoms with Crippen LogP contribution in [0.2, 0.25) is 0 Å². The maximum atomic E-state index is 13.4. The van der Waals surface area contributed by atoms with E-state index in [9.17, 15) is 14.4 Å². The van der Waals surface area contributed by atoms with E-state index in [1.54, 1.807) is 32.4 Å². The average molecular weight is 511 g/mol. The fourth-order valence-electron chi connectivity index (χ4n) is 4.32. The molecule has 0 spiro atoms. The van der Waals surface area contributed by atoms with Gasteiger partial charge in [0.2, 0.25) is 5.91 Å². The maximum Gasteiger partial charge on any atom is 0.251 e. The molecule has 7 nitrogen and oxygen atoms in total. The Labute approximate surface area is 221 Å². The van der Waals surface area contributed by atoms with Gasteiger partial charge in [0.15, 0.2) is 5.78 Å². The fraction of sp³-hybridized carbons (Fsp3) is 0.500. The van der Waals surface area contributed by atoms with Gasteiger partial charge < -0.3 is 20.1 Å². The van der Waals surface area contributed by atoms with Crippen LogP contribution in [-0.4, -0.2) is 38.4 Å². The Hall–Kier alpha value is -3.35. The lowest BCUT2D eigenvalue weighted by atomic mass is 9.84. The lowest BCUT2D eigenvalue weighted by Crippen LogP contribution is -2.23. The Morgan fingerprint density at radius 3 is 2.35 bits per heavy atom. The first-order chi connectivity index (χ1) is 17.5. The number of carbonyl (C=O) groups is 3. The number of Topliss-reactive ketones (excluding diaryl/α,β-unsaturated/α-hetero) is 1. The first-order valence-corrected chi connectivity index (χ1v) is 13.0. The van der Waals surface area contributed by atoms with Gasteiger partial charge in [0, 0.05) is 30.8 Å². The molecule has 0 saturated heterocycles. The Morgan fingerprint density at radius 2 is 1.76 bits per heavy atom. The molecule has 0 aliphatic rings. The highest BCUT2D eigenvalue weighted by atomic mass is 16.5. The number of nitrogens with one attached hydrogen (secondary N) is 2. The van der Waals surface area contributed by atoms with E-state index in [-0.39, 0.29) is 42.0 Å². The largest absolute Gasteiger partial charge is 0.496 e. The van der Waals surface area contributed by atoms with Gasteiger partial charge in [-0.1, -0.05) is 59.1 Å². The van der Waals surface area contributed by atoms with Crippen molar-refractivity contribution in [1.82, 2.24) is 5.32 Å². The van der Waals surface area contributed by atoms with Crippen LogP contribution in [0.3, 0.4) is 0 Å².